The average molecular weight is 254 g/mol. The summed E-state index contributed by atoms with van der Waals surface area (Å²) in [5.74, 6) is 0. The third-order valence-electron chi connectivity index (χ3n) is 1.99. The Morgan fingerprint density at radius 1 is 1.19 bits per heavy atom. The third kappa shape index (κ3) is 3.32. The van der Waals surface area contributed by atoms with Crippen molar-refractivity contribution in [2.24, 2.45) is 0 Å². The second-order valence-corrected chi connectivity index (χ2v) is 4.37. The van der Waals surface area contributed by atoms with E-state index in [1.807, 2.05) is 38.1 Å². The SMILES string of the molecule is CC.CCc1nc(-c2ccc(Cl)cc2)cs1. The fourth-order valence-corrected chi connectivity index (χ4v) is 2.11. The predicted octanol–water partition coefficient (Wildman–Crippen LogP) is 5.05. The van der Waals surface area contributed by atoms with Crippen molar-refractivity contribution in [3.63, 3.8) is 0 Å². The van der Waals surface area contributed by atoms with Crippen molar-refractivity contribution < 1.29 is 0 Å². The number of hydrogen-bond donors (Lipinski definition) is 0. The molecule has 0 saturated carbocycles. The Morgan fingerprint density at radius 2 is 1.81 bits per heavy atom. The van der Waals surface area contributed by atoms with Gasteiger partial charge in [0, 0.05) is 16.0 Å². The van der Waals surface area contributed by atoms with Gasteiger partial charge < -0.3 is 0 Å². The van der Waals surface area contributed by atoms with Crippen LogP contribution in [0.4, 0.5) is 0 Å². The highest BCUT2D eigenvalue weighted by atomic mass is 35.5. The largest absolute Gasteiger partial charge is 0.241 e. The maximum atomic E-state index is 5.81. The fraction of sp³-hybridized carbons (Fsp3) is 0.308. The van der Waals surface area contributed by atoms with E-state index >= 15 is 0 Å². The molecule has 0 aliphatic heterocycles. The molecule has 1 nitrogen and oxygen atoms in total. The van der Waals surface area contributed by atoms with Crippen LogP contribution in [-0.4, -0.2) is 4.98 Å². The molecule has 0 amide bonds. The molecule has 0 bridgehead atoms. The molecule has 0 aliphatic rings. The highest BCUT2D eigenvalue weighted by Gasteiger charge is 2.02. The van der Waals surface area contributed by atoms with Gasteiger partial charge in [-0.15, -0.1) is 11.3 Å². The van der Waals surface area contributed by atoms with Crippen LogP contribution in [-0.2, 0) is 6.42 Å². The van der Waals surface area contributed by atoms with E-state index < -0.39 is 0 Å². The van der Waals surface area contributed by atoms with Crippen LogP contribution in [0, 0.1) is 0 Å². The summed E-state index contributed by atoms with van der Waals surface area (Å²) in [5.41, 5.74) is 2.17. The summed E-state index contributed by atoms with van der Waals surface area (Å²) in [6.45, 7) is 6.12. The lowest BCUT2D eigenvalue weighted by atomic mass is 10.2. The molecule has 0 aliphatic carbocycles. The highest BCUT2D eigenvalue weighted by Crippen LogP contribution is 2.23. The molecule has 0 fully saturated rings. The predicted molar refractivity (Wildman–Crippen MR) is 73.3 cm³/mol. The van der Waals surface area contributed by atoms with Crippen molar-refractivity contribution in [3.05, 3.63) is 39.7 Å². The van der Waals surface area contributed by atoms with Gasteiger partial charge in [-0.3, -0.25) is 0 Å². The minimum Gasteiger partial charge on any atom is -0.241 e. The molecule has 0 spiro atoms. The van der Waals surface area contributed by atoms with E-state index in [4.69, 9.17) is 11.6 Å². The molecule has 0 unspecified atom stereocenters. The number of rotatable bonds is 2. The van der Waals surface area contributed by atoms with Gasteiger partial charge in [0.25, 0.3) is 0 Å². The van der Waals surface area contributed by atoms with E-state index in [1.165, 1.54) is 5.01 Å². The topological polar surface area (TPSA) is 12.9 Å². The summed E-state index contributed by atoms with van der Waals surface area (Å²) in [5, 5.41) is 4.02. The second kappa shape index (κ2) is 6.66. The average Bonchev–Trinajstić information content (AvgIpc) is 2.81. The number of halogens is 1. The van der Waals surface area contributed by atoms with Crippen molar-refractivity contribution in [1.29, 1.82) is 0 Å². The molecule has 2 rings (SSSR count). The van der Waals surface area contributed by atoms with Gasteiger partial charge in [0.1, 0.15) is 0 Å². The number of hydrogen-bond acceptors (Lipinski definition) is 2. The molecule has 1 aromatic heterocycles. The Bertz CT molecular complexity index is 420. The number of aryl methyl sites for hydroxylation is 1. The van der Waals surface area contributed by atoms with Crippen LogP contribution in [0.2, 0.25) is 5.02 Å². The maximum absolute atomic E-state index is 5.81. The Kier molecular flexibility index (Phi) is 5.50. The maximum Gasteiger partial charge on any atom is 0.0929 e. The summed E-state index contributed by atoms with van der Waals surface area (Å²) in [4.78, 5) is 4.50. The molecule has 0 N–H and O–H groups in total. The summed E-state index contributed by atoms with van der Waals surface area (Å²) in [7, 11) is 0. The zero-order chi connectivity index (χ0) is 12.0. The van der Waals surface area contributed by atoms with E-state index in [2.05, 4.69) is 17.3 Å². The third-order valence-corrected chi connectivity index (χ3v) is 3.24. The van der Waals surface area contributed by atoms with Crippen molar-refractivity contribution in [3.8, 4) is 11.3 Å². The summed E-state index contributed by atoms with van der Waals surface area (Å²) < 4.78 is 0. The van der Waals surface area contributed by atoms with Crippen molar-refractivity contribution in [2.75, 3.05) is 0 Å². The first-order valence-corrected chi connectivity index (χ1v) is 6.75. The summed E-state index contributed by atoms with van der Waals surface area (Å²) in [6, 6.07) is 7.78. The van der Waals surface area contributed by atoms with Crippen LogP contribution in [0.3, 0.4) is 0 Å². The minimum atomic E-state index is 0.764. The minimum absolute atomic E-state index is 0.764. The lowest BCUT2D eigenvalue weighted by Crippen LogP contribution is -1.79. The molecule has 2 aromatic rings. The van der Waals surface area contributed by atoms with Crippen molar-refractivity contribution >= 4 is 22.9 Å². The van der Waals surface area contributed by atoms with Crippen LogP contribution in [0.15, 0.2) is 29.6 Å². The normalized spacial score (nSPS) is 9.50. The van der Waals surface area contributed by atoms with Gasteiger partial charge in [-0.05, 0) is 18.6 Å². The van der Waals surface area contributed by atoms with Gasteiger partial charge in [0.2, 0.25) is 0 Å². The summed E-state index contributed by atoms with van der Waals surface area (Å²) >= 11 is 7.52. The smallest absolute Gasteiger partial charge is 0.0929 e. The lowest BCUT2D eigenvalue weighted by molar-refractivity contribution is 1.10. The summed E-state index contributed by atoms with van der Waals surface area (Å²) in [6.07, 6.45) is 0.998. The molecular weight excluding hydrogens is 238 g/mol. The molecule has 1 aromatic carbocycles. The number of nitrogens with zero attached hydrogens (tertiary/aromatic N) is 1. The van der Waals surface area contributed by atoms with E-state index in [-0.39, 0.29) is 0 Å². The number of aromatic nitrogens is 1. The molecule has 1 heterocycles. The molecular formula is C13H16ClNS. The Hall–Kier alpha value is -0.860. The first-order valence-electron chi connectivity index (χ1n) is 5.50. The second-order valence-electron chi connectivity index (χ2n) is 2.99. The first-order chi connectivity index (χ1) is 7.79. The van der Waals surface area contributed by atoms with Crippen LogP contribution in [0.1, 0.15) is 25.8 Å². The van der Waals surface area contributed by atoms with Gasteiger partial charge in [-0.2, -0.15) is 0 Å². The number of benzene rings is 1. The highest BCUT2D eigenvalue weighted by molar-refractivity contribution is 7.09. The van der Waals surface area contributed by atoms with E-state index in [0.29, 0.717) is 0 Å². The Labute approximate surface area is 106 Å². The zero-order valence-electron chi connectivity index (χ0n) is 9.83. The molecule has 3 heteroatoms. The molecule has 0 saturated heterocycles. The van der Waals surface area contributed by atoms with E-state index in [0.717, 1.165) is 22.7 Å². The zero-order valence-corrected chi connectivity index (χ0v) is 11.4. The van der Waals surface area contributed by atoms with Crippen LogP contribution >= 0.6 is 22.9 Å². The Morgan fingerprint density at radius 3 is 2.31 bits per heavy atom. The molecule has 0 radical (unpaired) electrons. The quantitative estimate of drug-likeness (QED) is 0.730. The van der Waals surface area contributed by atoms with E-state index in [1.54, 1.807) is 11.3 Å². The molecule has 0 atom stereocenters. The van der Waals surface area contributed by atoms with Crippen LogP contribution < -0.4 is 0 Å². The van der Waals surface area contributed by atoms with Crippen molar-refractivity contribution in [2.45, 2.75) is 27.2 Å². The lowest BCUT2D eigenvalue weighted by Gasteiger charge is -1.95. The van der Waals surface area contributed by atoms with E-state index in [9.17, 15) is 0 Å². The van der Waals surface area contributed by atoms with Crippen molar-refractivity contribution in [1.82, 2.24) is 4.98 Å². The van der Waals surface area contributed by atoms with Gasteiger partial charge in [-0.1, -0.05) is 44.5 Å². The Balaban J connectivity index is 0.000000606. The van der Waals surface area contributed by atoms with Crippen LogP contribution in [0.5, 0.6) is 0 Å². The van der Waals surface area contributed by atoms with Gasteiger partial charge in [0.15, 0.2) is 0 Å². The molecule has 16 heavy (non-hydrogen) atoms. The standard InChI is InChI=1S/C11H10ClNS.C2H6/c1-2-11-13-10(7-14-11)8-3-5-9(12)6-4-8;1-2/h3-7H,2H2,1H3;1-2H3. The fourth-order valence-electron chi connectivity index (χ4n) is 1.23. The van der Waals surface area contributed by atoms with Gasteiger partial charge in [0.05, 0.1) is 10.7 Å². The van der Waals surface area contributed by atoms with Crippen LogP contribution in [0.25, 0.3) is 11.3 Å². The van der Waals surface area contributed by atoms with Gasteiger partial charge in [-0.25, -0.2) is 4.98 Å². The van der Waals surface area contributed by atoms with Gasteiger partial charge >= 0.3 is 0 Å². The first kappa shape index (κ1) is 13.2. The monoisotopic (exact) mass is 253 g/mol. The number of thiazole rings is 1. The molecule has 86 valence electrons.